The lowest BCUT2D eigenvalue weighted by Gasteiger charge is -2.10. The lowest BCUT2D eigenvalue weighted by Crippen LogP contribution is -2.00. The predicted octanol–water partition coefficient (Wildman–Crippen LogP) is 3.94. The van der Waals surface area contributed by atoms with Crippen LogP contribution < -0.4 is 0 Å². The third-order valence-electron chi connectivity index (χ3n) is 2.21. The van der Waals surface area contributed by atoms with Crippen LogP contribution in [0.3, 0.4) is 0 Å². The number of aliphatic hydroxyl groups is 1. The Bertz CT molecular complexity index is 473. The molecule has 2 aromatic rings. The van der Waals surface area contributed by atoms with E-state index in [4.69, 9.17) is 0 Å². The van der Waals surface area contributed by atoms with Crippen LogP contribution in [0.5, 0.6) is 0 Å². The molecule has 2 nitrogen and oxygen atoms in total. The van der Waals surface area contributed by atoms with Crippen LogP contribution in [0, 0.1) is 0 Å². The van der Waals surface area contributed by atoms with Gasteiger partial charge in [-0.1, -0.05) is 6.07 Å². The fourth-order valence-electron chi connectivity index (χ4n) is 1.37. The van der Waals surface area contributed by atoms with Gasteiger partial charge >= 0.3 is 0 Å². The SMILES string of the molecule is OC(Cc1cncs1)c1ccc(Br)c(Br)c1. The Balaban J connectivity index is 2.14. The molecule has 0 radical (unpaired) electrons. The zero-order chi connectivity index (χ0) is 11.5. The largest absolute Gasteiger partial charge is 0.388 e. The standard InChI is InChI=1S/C11H9Br2NOS/c12-9-2-1-7(3-10(9)13)11(15)4-8-5-14-6-16-8/h1-3,5-6,11,15H,4H2. The molecule has 0 saturated carbocycles. The van der Waals surface area contributed by atoms with Crippen LogP contribution in [0.15, 0.2) is 38.9 Å². The summed E-state index contributed by atoms with van der Waals surface area (Å²) in [4.78, 5) is 5.08. The summed E-state index contributed by atoms with van der Waals surface area (Å²) < 4.78 is 1.94. The topological polar surface area (TPSA) is 33.1 Å². The van der Waals surface area contributed by atoms with E-state index in [0.717, 1.165) is 19.4 Å². The van der Waals surface area contributed by atoms with Crippen molar-refractivity contribution in [1.82, 2.24) is 4.98 Å². The summed E-state index contributed by atoms with van der Waals surface area (Å²) in [7, 11) is 0. The summed E-state index contributed by atoms with van der Waals surface area (Å²) in [6, 6.07) is 5.77. The van der Waals surface area contributed by atoms with E-state index in [-0.39, 0.29) is 0 Å². The molecule has 1 N–H and O–H groups in total. The van der Waals surface area contributed by atoms with Crippen LogP contribution in [-0.4, -0.2) is 10.1 Å². The van der Waals surface area contributed by atoms with E-state index in [0.29, 0.717) is 6.42 Å². The Labute approximate surface area is 115 Å². The molecule has 0 amide bonds. The molecular weight excluding hydrogens is 354 g/mol. The van der Waals surface area contributed by atoms with E-state index in [2.05, 4.69) is 36.8 Å². The molecule has 0 aliphatic heterocycles. The lowest BCUT2D eigenvalue weighted by atomic mass is 10.1. The van der Waals surface area contributed by atoms with Crippen LogP contribution in [0.25, 0.3) is 0 Å². The summed E-state index contributed by atoms with van der Waals surface area (Å²) in [5, 5.41) is 10.1. The number of benzene rings is 1. The van der Waals surface area contributed by atoms with Crippen molar-refractivity contribution in [3.05, 3.63) is 49.3 Å². The van der Waals surface area contributed by atoms with Gasteiger partial charge in [0.05, 0.1) is 11.6 Å². The average Bonchev–Trinajstić information content (AvgIpc) is 2.74. The molecule has 1 aromatic heterocycles. The highest BCUT2D eigenvalue weighted by atomic mass is 79.9. The Morgan fingerprint density at radius 2 is 2.12 bits per heavy atom. The Morgan fingerprint density at radius 1 is 1.31 bits per heavy atom. The minimum Gasteiger partial charge on any atom is -0.388 e. The minimum absolute atomic E-state index is 0.482. The van der Waals surface area contributed by atoms with Crippen LogP contribution >= 0.6 is 43.2 Å². The molecule has 5 heteroatoms. The van der Waals surface area contributed by atoms with Crippen molar-refractivity contribution >= 4 is 43.2 Å². The number of thiazole rings is 1. The van der Waals surface area contributed by atoms with E-state index in [1.165, 1.54) is 0 Å². The van der Waals surface area contributed by atoms with Gasteiger partial charge < -0.3 is 5.11 Å². The maximum absolute atomic E-state index is 10.1. The van der Waals surface area contributed by atoms with E-state index >= 15 is 0 Å². The predicted molar refractivity (Wildman–Crippen MR) is 72.6 cm³/mol. The maximum Gasteiger partial charge on any atom is 0.0839 e. The molecule has 84 valence electrons. The number of nitrogens with zero attached hydrogens (tertiary/aromatic N) is 1. The molecule has 1 unspecified atom stereocenters. The second kappa shape index (κ2) is 5.40. The van der Waals surface area contributed by atoms with Gasteiger partial charge in [0.25, 0.3) is 0 Å². The third kappa shape index (κ3) is 2.91. The van der Waals surface area contributed by atoms with Crippen LogP contribution in [0.1, 0.15) is 16.5 Å². The normalized spacial score (nSPS) is 12.7. The van der Waals surface area contributed by atoms with Gasteiger partial charge in [0.1, 0.15) is 0 Å². The smallest absolute Gasteiger partial charge is 0.0839 e. The number of hydrogen-bond donors (Lipinski definition) is 1. The Kier molecular flexibility index (Phi) is 4.13. The summed E-state index contributed by atoms with van der Waals surface area (Å²) in [5.74, 6) is 0. The van der Waals surface area contributed by atoms with Gasteiger partial charge in [0.15, 0.2) is 0 Å². The summed E-state index contributed by atoms with van der Waals surface area (Å²) in [6.07, 6.45) is 1.92. The first-order chi connectivity index (χ1) is 7.66. The maximum atomic E-state index is 10.1. The van der Waals surface area contributed by atoms with Crippen molar-refractivity contribution in [3.63, 3.8) is 0 Å². The van der Waals surface area contributed by atoms with E-state index in [9.17, 15) is 5.11 Å². The van der Waals surface area contributed by atoms with Gasteiger partial charge in [-0.25, -0.2) is 0 Å². The van der Waals surface area contributed by atoms with Crippen molar-refractivity contribution in [3.8, 4) is 0 Å². The highest BCUT2D eigenvalue weighted by Crippen LogP contribution is 2.28. The number of aromatic nitrogens is 1. The molecule has 2 rings (SSSR count). The van der Waals surface area contributed by atoms with E-state index in [1.807, 2.05) is 18.2 Å². The molecular formula is C11H9Br2NOS. The molecule has 1 atom stereocenters. The lowest BCUT2D eigenvalue weighted by molar-refractivity contribution is 0.179. The molecule has 1 heterocycles. The van der Waals surface area contributed by atoms with Crippen molar-refractivity contribution in [1.29, 1.82) is 0 Å². The fourth-order valence-corrected chi connectivity index (χ4v) is 2.65. The summed E-state index contributed by atoms with van der Waals surface area (Å²) in [6.45, 7) is 0. The molecule has 1 aromatic carbocycles. The monoisotopic (exact) mass is 361 g/mol. The molecule has 0 saturated heterocycles. The van der Waals surface area contributed by atoms with Gasteiger partial charge in [-0.2, -0.15) is 0 Å². The van der Waals surface area contributed by atoms with Gasteiger partial charge in [-0.15, -0.1) is 11.3 Å². The van der Waals surface area contributed by atoms with Crippen molar-refractivity contribution < 1.29 is 5.11 Å². The number of aliphatic hydroxyl groups excluding tert-OH is 1. The first-order valence-corrected chi connectivity index (χ1v) is 7.14. The fraction of sp³-hybridized carbons (Fsp3) is 0.182. The van der Waals surface area contributed by atoms with Crippen molar-refractivity contribution in [2.75, 3.05) is 0 Å². The second-order valence-electron chi connectivity index (χ2n) is 3.36. The molecule has 0 bridgehead atoms. The molecule has 0 aliphatic carbocycles. The van der Waals surface area contributed by atoms with Crippen molar-refractivity contribution in [2.45, 2.75) is 12.5 Å². The molecule has 0 spiro atoms. The Hall–Kier alpha value is -0.230. The first-order valence-electron chi connectivity index (χ1n) is 4.67. The van der Waals surface area contributed by atoms with Crippen molar-refractivity contribution in [2.24, 2.45) is 0 Å². The van der Waals surface area contributed by atoms with Gasteiger partial charge in [-0.05, 0) is 49.6 Å². The van der Waals surface area contributed by atoms with Crippen LogP contribution in [-0.2, 0) is 6.42 Å². The number of rotatable bonds is 3. The average molecular weight is 363 g/mol. The highest BCUT2D eigenvalue weighted by Gasteiger charge is 2.10. The van der Waals surface area contributed by atoms with Crippen LogP contribution in [0.2, 0.25) is 0 Å². The molecule has 0 aliphatic rings. The van der Waals surface area contributed by atoms with E-state index < -0.39 is 6.10 Å². The molecule has 16 heavy (non-hydrogen) atoms. The van der Waals surface area contributed by atoms with Gasteiger partial charge in [0.2, 0.25) is 0 Å². The highest BCUT2D eigenvalue weighted by molar-refractivity contribution is 9.13. The van der Waals surface area contributed by atoms with E-state index in [1.54, 1.807) is 23.0 Å². The number of halogens is 2. The zero-order valence-electron chi connectivity index (χ0n) is 8.23. The van der Waals surface area contributed by atoms with Crippen LogP contribution in [0.4, 0.5) is 0 Å². The summed E-state index contributed by atoms with van der Waals surface area (Å²) in [5.41, 5.74) is 2.68. The van der Waals surface area contributed by atoms with Gasteiger partial charge in [0, 0.05) is 26.4 Å². The molecule has 0 fully saturated rings. The zero-order valence-corrected chi connectivity index (χ0v) is 12.2. The summed E-state index contributed by atoms with van der Waals surface area (Å²) >= 11 is 8.39. The first kappa shape index (κ1) is 12.2. The Morgan fingerprint density at radius 3 is 2.75 bits per heavy atom. The third-order valence-corrected chi connectivity index (χ3v) is 4.89. The van der Waals surface area contributed by atoms with Gasteiger partial charge in [-0.3, -0.25) is 4.98 Å². The minimum atomic E-state index is -0.482. The quantitative estimate of drug-likeness (QED) is 0.896. The number of hydrogen-bond acceptors (Lipinski definition) is 3. The second-order valence-corrected chi connectivity index (χ2v) is 6.04.